The SMILES string of the molecule is COc1ccc(CCCNC(=O)c2ccc(OC)c(S(=O)(=O)N3CCCC3)c2)cc1. The van der Waals surface area contributed by atoms with Gasteiger partial charge in [-0.15, -0.1) is 0 Å². The molecule has 30 heavy (non-hydrogen) atoms. The Morgan fingerprint density at radius 1 is 1.03 bits per heavy atom. The Labute approximate surface area is 178 Å². The molecule has 3 rings (SSSR count). The Kier molecular flexibility index (Phi) is 7.33. The minimum Gasteiger partial charge on any atom is -0.497 e. The Balaban J connectivity index is 1.62. The van der Waals surface area contributed by atoms with Crippen LogP contribution in [0.2, 0.25) is 0 Å². The van der Waals surface area contributed by atoms with Crippen molar-refractivity contribution in [1.29, 1.82) is 0 Å². The smallest absolute Gasteiger partial charge is 0.251 e. The molecule has 8 heteroatoms. The number of ether oxygens (including phenoxy) is 2. The summed E-state index contributed by atoms with van der Waals surface area (Å²) in [6.07, 6.45) is 3.28. The number of amides is 1. The van der Waals surface area contributed by atoms with Gasteiger partial charge in [0.2, 0.25) is 10.0 Å². The lowest BCUT2D eigenvalue weighted by molar-refractivity contribution is 0.0953. The molecule has 2 aromatic carbocycles. The molecule has 1 N–H and O–H groups in total. The highest BCUT2D eigenvalue weighted by Crippen LogP contribution is 2.29. The topological polar surface area (TPSA) is 84.9 Å². The number of sulfonamides is 1. The van der Waals surface area contributed by atoms with E-state index >= 15 is 0 Å². The minimum absolute atomic E-state index is 0.0396. The van der Waals surface area contributed by atoms with Crippen molar-refractivity contribution in [3.05, 3.63) is 53.6 Å². The van der Waals surface area contributed by atoms with E-state index in [9.17, 15) is 13.2 Å². The fraction of sp³-hybridized carbons (Fsp3) is 0.409. The van der Waals surface area contributed by atoms with Gasteiger partial charge < -0.3 is 14.8 Å². The molecular weight excluding hydrogens is 404 g/mol. The van der Waals surface area contributed by atoms with E-state index in [1.54, 1.807) is 13.2 Å². The van der Waals surface area contributed by atoms with E-state index in [1.165, 1.54) is 23.5 Å². The van der Waals surface area contributed by atoms with E-state index in [2.05, 4.69) is 5.32 Å². The summed E-state index contributed by atoms with van der Waals surface area (Å²) in [5.74, 6) is 0.759. The molecule has 0 saturated carbocycles. The zero-order valence-electron chi connectivity index (χ0n) is 17.4. The molecule has 1 fully saturated rings. The molecule has 0 aliphatic carbocycles. The van der Waals surface area contributed by atoms with E-state index in [0.717, 1.165) is 37.0 Å². The molecule has 1 aliphatic heterocycles. The first-order chi connectivity index (χ1) is 14.5. The minimum atomic E-state index is -3.69. The van der Waals surface area contributed by atoms with E-state index < -0.39 is 10.0 Å². The van der Waals surface area contributed by atoms with Gasteiger partial charge >= 0.3 is 0 Å². The largest absolute Gasteiger partial charge is 0.497 e. The third kappa shape index (κ3) is 5.12. The quantitative estimate of drug-likeness (QED) is 0.616. The lowest BCUT2D eigenvalue weighted by Crippen LogP contribution is -2.29. The Morgan fingerprint density at radius 2 is 1.73 bits per heavy atom. The van der Waals surface area contributed by atoms with Crippen molar-refractivity contribution in [3.63, 3.8) is 0 Å². The maximum Gasteiger partial charge on any atom is 0.251 e. The second-order valence-corrected chi connectivity index (χ2v) is 9.09. The van der Waals surface area contributed by atoms with Gasteiger partial charge in [-0.1, -0.05) is 12.1 Å². The first-order valence-electron chi connectivity index (χ1n) is 10.0. The average Bonchev–Trinajstić information content (AvgIpc) is 3.32. The van der Waals surface area contributed by atoms with Crippen LogP contribution in [0.1, 0.15) is 35.2 Å². The van der Waals surface area contributed by atoms with Crippen molar-refractivity contribution in [1.82, 2.24) is 9.62 Å². The molecule has 1 amide bonds. The van der Waals surface area contributed by atoms with Gasteiger partial charge in [0, 0.05) is 25.2 Å². The lowest BCUT2D eigenvalue weighted by Gasteiger charge is -2.18. The van der Waals surface area contributed by atoms with Crippen LogP contribution in [0.3, 0.4) is 0 Å². The van der Waals surface area contributed by atoms with Crippen LogP contribution in [-0.4, -0.2) is 52.5 Å². The summed E-state index contributed by atoms with van der Waals surface area (Å²) in [5.41, 5.74) is 1.46. The summed E-state index contributed by atoms with van der Waals surface area (Å²) in [6.45, 7) is 1.48. The second kappa shape index (κ2) is 9.95. The Morgan fingerprint density at radius 3 is 2.37 bits per heavy atom. The van der Waals surface area contributed by atoms with Gasteiger partial charge in [0.15, 0.2) is 0 Å². The third-order valence-corrected chi connectivity index (χ3v) is 7.12. The number of benzene rings is 2. The van der Waals surface area contributed by atoms with Crippen molar-refractivity contribution in [2.75, 3.05) is 33.9 Å². The van der Waals surface area contributed by atoms with Gasteiger partial charge in [-0.2, -0.15) is 4.31 Å². The number of nitrogens with zero attached hydrogens (tertiary/aromatic N) is 1. The number of nitrogens with one attached hydrogen (secondary N) is 1. The number of hydrogen-bond donors (Lipinski definition) is 1. The molecule has 0 atom stereocenters. The molecule has 0 radical (unpaired) electrons. The van der Waals surface area contributed by atoms with Crippen LogP contribution in [0.15, 0.2) is 47.4 Å². The van der Waals surface area contributed by atoms with Crippen molar-refractivity contribution < 1.29 is 22.7 Å². The highest BCUT2D eigenvalue weighted by molar-refractivity contribution is 7.89. The van der Waals surface area contributed by atoms with Gasteiger partial charge in [0.1, 0.15) is 16.4 Å². The normalized spacial score (nSPS) is 14.5. The molecular formula is C22H28N2O5S. The van der Waals surface area contributed by atoms with E-state index in [1.807, 2.05) is 24.3 Å². The fourth-order valence-corrected chi connectivity index (χ4v) is 5.17. The zero-order chi connectivity index (χ0) is 21.6. The van der Waals surface area contributed by atoms with Crippen LogP contribution >= 0.6 is 0 Å². The summed E-state index contributed by atoms with van der Waals surface area (Å²) < 4.78 is 37.7. The van der Waals surface area contributed by atoms with E-state index in [-0.39, 0.29) is 16.6 Å². The van der Waals surface area contributed by atoms with Crippen LogP contribution in [0.25, 0.3) is 0 Å². The Hall–Kier alpha value is -2.58. The van der Waals surface area contributed by atoms with Gasteiger partial charge in [0.25, 0.3) is 5.91 Å². The highest BCUT2D eigenvalue weighted by atomic mass is 32.2. The van der Waals surface area contributed by atoms with Crippen molar-refractivity contribution in [2.24, 2.45) is 0 Å². The van der Waals surface area contributed by atoms with Crippen LogP contribution in [0.4, 0.5) is 0 Å². The Bertz CT molecular complexity index is 968. The molecule has 7 nitrogen and oxygen atoms in total. The highest BCUT2D eigenvalue weighted by Gasteiger charge is 2.30. The molecule has 2 aromatic rings. The summed E-state index contributed by atoms with van der Waals surface area (Å²) in [7, 11) is -0.628. The summed E-state index contributed by atoms with van der Waals surface area (Å²) in [6, 6.07) is 12.3. The van der Waals surface area contributed by atoms with Crippen LogP contribution in [0.5, 0.6) is 11.5 Å². The van der Waals surface area contributed by atoms with Crippen molar-refractivity contribution in [3.8, 4) is 11.5 Å². The number of rotatable bonds is 9. The standard InChI is InChI=1S/C22H28N2O5S/c1-28-19-10-7-17(8-11-19)6-5-13-23-22(25)18-9-12-20(29-2)21(16-18)30(26,27)24-14-3-4-15-24/h7-12,16H,3-6,13-15H2,1-2H3,(H,23,25). The number of aryl methyl sites for hydroxylation is 1. The molecule has 1 saturated heterocycles. The molecule has 162 valence electrons. The maximum atomic E-state index is 13.0. The molecule has 0 spiro atoms. The lowest BCUT2D eigenvalue weighted by atomic mass is 10.1. The second-order valence-electron chi connectivity index (χ2n) is 7.18. The number of hydrogen-bond acceptors (Lipinski definition) is 5. The monoisotopic (exact) mass is 432 g/mol. The third-order valence-electron chi connectivity index (χ3n) is 5.20. The predicted octanol–water partition coefficient (Wildman–Crippen LogP) is 2.85. The number of carbonyl (C=O) groups excluding carboxylic acids is 1. The van der Waals surface area contributed by atoms with E-state index in [4.69, 9.17) is 9.47 Å². The van der Waals surface area contributed by atoms with E-state index in [0.29, 0.717) is 25.2 Å². The fourth-order valence-electron chi connectivity index (χ4n) is 3.48. The molecule has 1 aliphatic rings. The summed E-state index contributed by atoms with van der Waals surface area (Å²) in [5, 5.41) is 2.86. The predicted molar refractivity (Wildman–Crippen MR) is 115 cm³/mol. The van der Waals surface area contributed by atoms with Crippen molar-refractivity contribution >= 4 is 15.9 Å². The molecule has 1 heterocycles. The first-order valence-corrected chi connectivity index (χ1v) is 11.5. The van der Waals surface area contributed by atoms with Crippen LogP contribution in [0, 0.1) is 0 Å². The van der Waals surface area contributed by atoms with Gasteiger partial charge in [0.05, 0.1) is 14.2 Å². The number of methoxy groups -OCH3 is 2. The summed E-state index contributed by atoms with van der Waals surface area (Å²) in [4.78, 5) is 12.6. The van der Waals surface area contributed by atoms with Crippen LogP contribution < -0.4 is 14.8 Å². The zero-order valence-corrected chi connectivity index (χ0v) is 18.2. The summed E-state index contributed by atoms with van der Waals surface area (Å²) >= 11 is 0. The van der Waals surface area contributed by atoms with Gasteiger partial charge in [-0.25, -0.2) is 8.42 Å². The number of carbonyl (C=O) groups is 1. The first kappa shape index (κ1) is 22.1. The van der Waals surface area contributed by atoms with Gasteiger partial charge in [-0.3, -0.25) is 4.79 Å². The average molecular weight is 433 g/mol. The molecule has 0 unspecified atom stereocenters. The molecule has 0 aromatic heterocycles. The van der Waals surface area contributed by atoms with Gasteiger partial charge in [-0.05, 0) is 61.6 Å². The van der Waals surface area contributed by atoms with Crippen molar-refractivity contribution in [2.45, 2.75) is 30.6 Å². The maximum absolute atomic E-state index is 13.0. The molecule has 0 bridgehead atoms. The van der Waals surface area contributed by atoms with Crippen LogP contribution in [-0.2, 0) is 16.4 Å².